The van der Waals surface area contributed by atoms with E-state index < -0.39 is 17.7 Å². The van der Waals surface area contributed by atoms with Crippen LogP contribution in [0.2, 0.25) is 10.0 Å². The molecular weight excluding hydrogens is 380 g/mol. The van der Waals surface area contributed by atoms with E-state index in [9.17, 15) is 14.0 Å². The van der Waals surface area contributed by atoms with Crippen LogP contribution in [0.15, 0.2) is 53.7 Å². The molecule has 0 N–H and O–H groups in total. The molecule has 1 atom stereocenters. The molecule has 0 radical (unpaired) electrons. The number of hydrogen-bond acceptors (Lipinski definition) is 3. The zero-order valence-corrected chi connectivity index (χ0v) is 14.9. The first-order valence-electron chi connectivity index (χ1n) is 7.90. The Labute approximate surface area is 158 Å². The summed E-state index contributed by atoms with van der Waals surface area (Å²) >= 11 is 12.6. The van der Waals surface area contributed by atoms with Gasteiger partial charge < -0.3 is 4.74 Å². The molecule has 4 rings (SSSR count). The zero-order chi connectivity index (χ0) is 18.4. The molecule has 132 valence electrons. The molecule has 0 bridgehead atoms. The Kier molecular flexibility index (Phi) is 4.21. The number of anilines is 1. The van der Waals surface area contributed by atoms with E-state index in [1.54, 1.807) is 24.3 Å². The molecule has 0 saturated heterocycles. The van der Waals surface area contributed by atoms with Gasteiger partial charge in [0.2, 0.25) is 5.91 Å². The highest BCUT2D eigenvalue weighted by molar-refractivity contribution is 6.36. The van der Waals surface area contributed by atoms with E-state index >= 15 is 0 Å². The van der Waals surface area contributed by atoms with Crippen LogP contribution in [0.1, 0.15) is 17.9 Å². The number of ether oxygens (including phenoxy) is 1. The second kappa shape index (κ2) is 6.41. The van der Waals surface area contributed by atoms with Gasteiger partial charge >= 0.3 is 5.97 Å². The summed E-state index contributed by atoms with van der Waals surface area (Å²) in [5.74, 6) is -1.87. The molecule has 2 aromatic carbocycles. The number of esters is 1. The van der Waals surface area contributed by atoms with Gasteiger partial charge in [0.15, 0.2) is 0 Å². The van der Waals surface area contributed by atoms with Crippen LogP contribution in [0, 0.1) is 5.82 Å². The van der Waals surface area contributed by atoms with Gasteiger partial charge in [-0.2, -0.15) is 0 Å². The summed E-state index contributed by atoms with van der Waals surface area (Å²) in [7, 11) is 0. The number of cyclic esters (lactones) is 1. The summed E-state index contributed by atoms with van der Waals surface area (Å²) in [6.07, 6.45) is -0.0199. The van der Waals surface area contributed by atoms with E-state index in [1.165, 1.54) is 23.1 Å². The van der Waals surface area contributed by atoms with Crippen molar-refractivity contribution in [3.05, 3.63) is 75.2 Å². The van der Waals surface area contributed by atoms with Crippen LogP contribution < -0.4 is 4.90 Å². The highest BCUT2D eigenvalue weighted by Crippen LogP contribution is 2.45. The Hall–Kier alpha value is -2.37. The van der Waals surface area contributed by atoms with Crippen LogP contribution in [0.4, 0.5) is 10.1 Å². The monoisotopic (exact) mass is 391 g/mol. The smallest absolute Gasteiger partial charge is 0.336 e. The fourth-order valence-corrected chi connectivity index (χ4v) is 4.12. The van der Waals surface area contributed by atoms with Crippen LogP contribution >= 0.6 is 23.2 Å². The normalized spacial score (nSPS) is 19.7. The van der Waals surface area contributed by atoms with Gasteiger partial charge in [-0.05, 0) is 35.9 Å². The lowest BCUT2D eigenvalue weighted by Crippen LogP contribution is -2.37. The summed E-state index contributed by atoms with van der Waals surface area (Å²) < 4.78 is 18.8. The summed E-state index contributed by atoms with van der Waals surface area (Å²) in [4.78, 5) is 26.6. The van der Waals surface area contributed by atoms with Crippen LogP contribution in [-0.4, -0.2) is 18.5 Å². The van der Waals surface area contributed by atoms with Gasteiger partial charge in [-0.25, -0.2) is 9.18 Å². The Balaban J connectivity index is 1.89. The minimum atomic E-state index is -0.599. The van der Waals surface area contributed by atoms with Crippen molar-refractivity contribution in [3.8, 4) is 0 Å². The number of carbonyl (C=O) groups excluding carboxylic acids is 2. The Morgan fingerprint density at radius 2 is 1.77 bits per heavy atom. The summed E-state index contributed by atoms with van der Waals surface area (Å²) in [6.45, 7) is -0.0605. The predicted octanol–water partition coefficient (Wildman–Crippen LogP) is 4.46. The molecule has 0 fully saturated rings. The summed E-state index contributed by atoms with van der Waals surface area (Å²) in [5, 5.41) is 0.752. The Morgan fingerprint density at radius 3 is 2.46 bits per heavy atom. The van der Waals surface area contributed by atoms with Gasteiger partial charge in [0, 0.05) is 22.4 Å². The molecule has 2 heterocycles. The average molecular weight is 392 g/mol. The third-order valence-corrected chi connectivity index (χ3v) is 5.19. The van der Waals surface area contributed by atoms with Crippen LogP contribution in [-0.2, 0) is 14.3 Å². The molecule has 1 amide bonds. The number of halogens is 3. The standard InChI is InChI=1S/C19H12Cl2FNO3/c20-13-5-2-6-14(21)17(13)12-8-16(24)23(11-4-1-3-10(22)7-11)15-9-26-19(25)18(12)15/h1-7,12H,8-9H2. The van der Waals surface area contributed by atoms with Gasteiger partial charge in [-0.1, -0.05) is 35.3 Å². The van der Waals surface area contributed by atoms with Crippen LogP contribution in [0.5, 0.6) is 0 Å². The molecule has 0 saturated carbocycles. The van der Waals surface area contributed by atoms with E-state index in [-0.39, 0.29) is 18.9 Å². The average Bonchev–Trinajstić information content (AvgIpc) is 2.96. The van der Waals surface area contributed by atoms with Crippen molar-refractivity contribution >= 4 is 40.8 Å². The predicted molar refractivity (Wildman–Crippen MR) is 95.7 cm³/mol. The first-order valence-corrected chi connectivity index (χ1v) is 8.65. The van der Waals surface area contributed by atoms with Crippen molar-refractivity contribution < 1.29 is 18.7 Å². The topological polar surface area (TPSA) is 46.6 Å². The first kappa shape index (κ1) is 17.1. The van der Waals surface area contributed by atoms with Crippen LogP contribution in [0.3, 0.4) is 0 Å². The Morgan fingerprint density at radius 1 is 1.08 bits per heavy atom. The van der Waals surface area contributed by atoms with E-state index in [1.807, 2.05) is 0 Å². The largest absolute Gasteiger partial charge is 0.456 e. The number of rotatable bonds is 2. The fraction of sp³-hybridized carbons (Fsp3) is 0.158. The number of hydrogen-bond donors (Lipinski definition) is 0. The SMILES string of the molecule is O=C1OCC2=C1C(c1c(Cl)cccc1Cl)CC(=O)N2c1cccc(F)c1. The number of nitrogens with zero attached hydrogens (tertiary/aromatic N) is 1. The molecule has 0 aromatic heterocycles. The van der Waals surface area contributed by atoms with Gasteiger partial charge in [-0.15, -0.1) is 0 Å². The molecular formula is C19H12Cl2FNO3. The number of amides is 1. The second-order valence-corrected chi connectivity index (χ2v) is 6.85. The zero-order valence-electron chi connectivity index (χ0n) is 13.3. The lowest BCUT2D eigenvalue weighted by molar-refractivity contribution is -0.136. The highest BCUT2D eigenvalue weighted by atomic mass is 35.5. The lowest BCUT2D eigenvalue weighted by Gasteiger charge is -2.32. The van der Waals surface area contributed by atoms with Gasteiger partial charge in [0.1, 0.15) is 12.4 Å². The lowest BCUT2D eigenvalue weighted by atomic mass is 9.84. The Bertz CT molecular complexity index is 953. The maximum Gasteiger partial charge on any atom is 0.336 e. The van der Waals surface area contributed by atoms with Gasteiger partial charge in [-0.3, -0.25) is 9.69 Å². The van der Waals surface area contributed by atoms with E-state index in [0.29, 0.717) is 32.6 Å². The molecule has 4 nitrogen and oxygen atoms in total. The van der Waals surface area contributed by atoms with Crippen molar-refractivity contribution in [2.45, 2.75) is 12.3 Å². The van der Waals surface area contributed by atoms with Crippen molar-refractivity contribution in [1.29, 1.82) is 0 Å². The van der Waals surface area contributed by atoms with Crippen molar-refractivity contribution in [2.24, 2.45) is 0 Å². The third kappa shape index (κ3) is 2.68. The van der Waals surface area contributed by atoms with Crippen molar-refractivity contribution in [2.75, 3.05) is 11.5 Å². The maximum atomic E-state index is 13.6. The molecule has 1 unspecified atom stereocenters. The molecule has 2 aromatic rings. The van der Waals surface area contributed by atoms with Crippen molar-refractivity contribution in [1.82, 2.24) is 0 Å². The fourth-order valence-electron chi connectivity index (χ4n) is 3.46. The molecule has 0 spiro atoms. The van der Waals surface area contributed by atoms with Crippen molar-refractivity contribution in [3.63, 3.8) is 0 Å². The van der Waals surface area contributed by atoms with E-state index in [2.05, 4.69) is 0 Å². The molecule has 2 aliphatic rings. The van der Waals surface area contributed by atoms with Gasteiger partial charge in [0.25, 0.3) is 0 Å². The molecule has 2 aliphatic heterocycles. The summed E-state index contributed by atoms with van der Waals surface area (Å²) in [6, 6.07) is 10.7. The molecule has 26 heavy (non-hydrogen) atoms. The van der Waals surface area contributed by atoms with E-state index in [0.717, 1.165) is 0 Å². The second-order valence-electron chi connectivity index (χ2n) is 6.04. The summed E-state index contributed by atoms with van der Waals surface area (Å²) in [5.41, 5.74) is 1.61. The molecule has 0 aliphatic carbocycles. The first-order chi connectivity index (χ1) is 12.5. The maximum absolute atomic E-state index is 13.6. The minimum Gasteiger partial charge on any atom is -0.456 e. The van der Waals surface area contributed by atoms with E-state index in [4.69, 9.17) is 27.9 Å². The van der Waals surface area contributed by atoms with Gasteiger partial charge in [0.05, 0.1) is 17.0 Å². The molecule has 7 heteroatoms. The third-order valence-electron chi connectivity index (χ3n) is 4.53. The quantitative estimate of drug-likeness (QED) is 0.709. The highest BCUT2D eigenvalue weighted by Gasteiger charge is 2.44. The van der Waals surface area contributed by atoms with Crippen LogP contribution in [0.25, 0.3) is 0 Å². The minimum absolute atomic E-state index is 0.0199. The number of benzene rings is 2. The number of carbonyl (C=O) groups is 2.